The smallest absolute Gasteiger partial charge is 0.462 e. The average Bonchev–Trinajstić information content (AvgIpc) is 0.923. The fourth-order valence-electron chi connectivity index (χ4n) is 10.8. The van der Waals surface area contributed by atoms with Gasteiger partial charge in [-0.15, -0.1) is 0 Å². The van der Waals surface area contributed by atoms with Gasteiger partial charge < -0.3 is 33.8 Å². The lowest BCUT2D eigenvalue weighted by Gasteiger charge is -2.21. The number of aliphatic hydroxyl groups excluding tert-OH is 1. The highest BCUT2D eigenvalue weighted by atomic mass is 31.2. The lowest BCUT2D eigenvalue weighted by Crippen LogP contribution is -2.30. The summed E-state index contributed by atoms with van der Waals surface area (Å²) in [6.07, 6.45) is 79.5. The number of unbranched alkanes of at least 4 members (excludes halogenated alkanes) is 34. The van der Waals surface area contributed by atoms with E-state index < -0.39 is 97.5 Å². The Bertz CT molecular complexity index is 2310. The van der Waals surface area contributed by atoms with Crippen molar-refractivity contribution in [2.24, 2.45) is 0 Å². The predicted molar refractivity (Wildman–Crippen MR) is 418 cm³/mol. The van der Waals surface area contributed by atoms with E-state index in [2.05, 4.69) is 113 Å². The van der Waals surface area contributed by atoms with Crippen molar-refractivity contribution >= 4 is 39.5 Å². The summed E-state index contributed by atoms with van der Waals surface area (Å²) in [5, 5.41) is 10.6. The van der Waals surface area contributed by atoms with Crippen LogP contribution in [0.1, 0.15) is 349 Å². The van der Waals surface area contributed by atoms with Crippen LogP contribution in [-0.4, -0.2) is 96.7 Å². The van der Waals surface area contributed by atoms with Gasteiger partial charge in [-0.25, -0.2) is 9.13 Å². The lowest BCUT2D eigenvalue weighted by atomic mass is 10.0. The molecule has 3 N–H and O–H groups in total. The highest BCUT2D eigenvalue weighted by Crippen LogP contribution is 2.45. The maximum Gasteiger partial charge on any atom is 0.472 e. The molecule has 0 saturated heterocycles. The molecule has 17 nitrogen and oxygen atoms in total. The first-order valence-corrected chi connectivity index (χ1v) is 43.5. The molecule has 590 valence electrons. The Morgan fingerprint density at radius 3 is 0.794 bits per heavy atom. The van der Waals surface area contributed by atoms with E-state index in [1.54, 1.807) is 0 Å². The highest BCUT2D eigenvalue weighted by molar-refractivity contribution is 7.47. The van der Waals surface area contributed by atoms with Crippen molar-refractivity contribution < 1.29 is 80.2 Å². The van der Waals surface area contributed by atoms with Crippen LogP contribution in [0.25, 0.3) is 0 Å². The standard InChI is InChI=1S/C83H146O17P2/c1-5-9-13-17-21-25-29-33-37-38-42-44-48-52-56-60-64-68-81(86)94-74-79(100-83(88)70-66-62-58-54-50-46-41-36-32-28-24-20-16-12-8-4)76-98-102(91,92)96-72-77(84)71-95-101(89,90)97-75-78(99-82(87)69-65-61-57-53-49-45-40-35-31-27-23-19-15-11-7-3)73-93-80(85)67-63-59-55-51-47-43-39-34-30-26-22-18-14-10-6-2/h21-22,24-26,28,33-34,36-37,39,41-42,44,52,56,77-79,84H,5-20,23,27,29-32,35,38,40,43,45-51,53-55,57-76H2,1-4H3,(H,89,90)(H,91,92)/b25-21-,26-22-,28-24-,37-33-,39-34-,41-36-,44-42-,56-52-/t77-,78+,79+/m0/s1. The summed E-state index contributed by atoms with van der Waals surface area (Å²) in [5.41, 5.74) is 0. The number of phosphoric acid groups is 2. The minimum atomic E-state index is -4.99. The van der Waals surface area contributed by atoms with Gasteiger partial charge in [0.05, 0.1) is 26.4 Å². The van der Waals surface area contributed by atoms with Crippen molar-refractivity contribution in [3.8, 4) is 0 Å². The molecule has 0 aromatic heterocycles. The third-order valence-corrected chi connectivity index (χ3v) is 18.9. The molecule has 19 heteroatoms. The summed E-state index contributed by atoms with van der Waals surface area (Å²) in [7, 11) is -9.97. The van der Waals surface area contributed by atoms with E-state index in [4.69, 9.17) is 37.0 Å². The second-order valence-electron chi connectivity index (χ2n) is 27.0. The zero-order valence-electron chi connectivity index (χ0n) is 64.5. The lowest BCUT2D eigenvalue weighted by molar-refractivity contribution is -0.161. The van der Waals surface area contributed by atoms with Gasteiger partial charge in [0.2, 0.25) is 0 Å². The van der Waals surface area contributed by atoms with Gasteiger partial charge in [-0.3, -0.25) is 37.3 Å². The first kappa shape index (κ1) is 98.0. The molecule has 0 aliphatic heterocycles. The number of aliphatic hydroxyl groups is 1. The van der Waals surface area contributed by atoms with Crippen LogP contribution in [0.5, 0.6) is 0 Å². The summed E-state index contributed by atoms with van der Waals surface area (Å²) in [4.78, 5) is 73.0. The zero-order valence-corrected chi connectivity index (χ0v) is 66.3. The monoisotopic (exact) mass is 1480 g/mol. The number of carbonyl (C=O) groups is 4. The van der Waals surface area contributed by atoms with Crippen LogP contribution >= 0.6 is 15.6 Å². The largest absolute Gasteiger partial charge is 0.472 e. The number of esters is 4. The second-order valence-corrected chi connectivity index (χ2v) is 29.9. The van der Waals surface area contributed by atoms with Gasteiger partial charge in [-0.2, -0.15) is 0 Å². The van der Waals surface area contributed by atoms with E-state index in [1.807, 2.05) is 12.2 Å². The molecule has 0 spiro atoms. The Labute approximate surface area is 620 Å². The van der Waals surface area contributed by atoms with Crippen molar-refractivity contribution in [1.82, 2.24) is 0 Å². The number of allylic oxidation sites excluding steroid dienone is 16. The summed E-state index contributed by atoms with van der Waals surface area (Å²) >= 11 is 0. The molecule has 5 atom stereocenters. The molecule has 0 aromatic carbocycles. The number of carbonyl (C=O) groups excluding carboxylic acids is 4. The van der Waals surface area contributed by atoms with Crippen LogP contribution in [-0.2, 0) is 65.4 Å². The SMILES string of the molecule is CCCCC/C=C\C/C=C\C/C=C\C/C=C\CCCC(=O)OC[C@H](COP(=O)(O)OC[C@@H](O)COP(=O)(O)OC[C@@H](COC(=O)CCCCCCC/C=C\C/C=C\CCCCC)OC(=O)CCCCCCCCCCCCCCCCC)OC(=O)CCCCCCC/C=C\C/C=C\CCCCC. The third kappa shape index (κ3) is 74.3. The number of hydrogen-bond donors (Lipinski definition) is 3. The van der Waals surface area contributed by atoms with Crippen molar-refractivity contribution in [3.63, 3.8) is 0 Å². The van der Waals surface area contributed by atoms with Gasteiger partial charge in [-0.05, 0) is 128 Å². The third-order valence-electron chi connectivity index (χ3n) is 17.0. The van der Waals surface area contributed by atoms with Gasteiger partial charge in [0, 0.05) is 25.7 Å². The van der Waals surface area contributed by atoms with Crippen molar-refractivity contribution in [3.05, 3.63) is 97.2 Å². The quantitative estimate of drug-likeness (QED) is 0.0169. The van der Waals surface area contributed by atoms with E-state index >= 15 is 0 Å². The number of hydrogen-bond acceptors (Lipinski definition) is 15. The topological polar surface area (TPSA) is 237 Å². The molecule has 0 amide bonds. The van der Waals surface area contributed by atoms with E-state index in [-0.39, 0.29) is 25.7 Å². The summed E-state index contributed by atoms with van der Waals surface area (Å²) in [6, 6.07) is 0. The van der Waals surface area contributed by atoms with Crippen LogP contribution in [0.15, 0.2) is 97.2 Å². The molecule has 0 aromatic rings. The fraction of sp³-hybridized carbons (Fsp3) is 0.759. The fourth-order valence-corrected chi connectivity index (χ4v) is 12.4. The van der Waals surface area contributed by atoms with Gasteiger partial charge >= 0.3 is 39.5 Å². The number of ether oxygens (including phenoxy) is 4. The summed E-state index contributed by atoms with van der Waals surface area (Å²) in [5.74, 6) is -2.25. The molecule has 0 heterocycles. The van der Waals surface area contributed by atoms with Crippen LogP contribution in [0.4, 0.5) is 0 Å². The number of rotatable bonds is 76. The van der Waals surface area contributed by atoms with Gasteiger partial charge in [0.15, 0.2) is 12.2 Å². The van der Waals surface area contributed by atoms with Crippen LogP contribution in [0, 0.1) is 0 Å². The van der Waals surface area contributed by atoms with Crippen LogP contribution in [0.3, 0.4) is 0 Å². The molecule has 0 bridgehead atoms. The number of phosphoric ester groups is 2. The first-order chi connectivity index (χ1) is 49.7. The second kappa shape index (κ2) is 75.2. The van der Waals surface area contributed by atoms with E-state index in [1.165, 1.54) is 122 Å². The Balaban J connectivity index is 5.41. The minimum absolute atomic E-state index is 0.0674. The maximum absolute atomic E-state index is 13.1. The Morgan fingerprint density at radius 1 is 0.275 bits per heavy atom. The molecule has 0 rings (SSSR count). The van der Waals surface area contributed by atoms with Gasteiger partial charge in [0.25, 0.3) is 0 Å². The molecular formula is C83H146O17P2. The molecule has 0 aliphatic rings. The molecule has 0 radical (unpaired) electrons. The normalized spacial score (nSPS) is 14.4. The van der Waals surface area contributed by atoms with Gasteiger partial charge in [0.1, 0.15) is 19.3 Å². The van der Waals surface area contributed by atoms with Crippen LogP contribution in [0.2, 0.25) is 0 Å². The van der Waals surface area contributed by atoms with E-state index in [0.717, 1.165) is 141 Å². The van der Waals surface area contributed by atoms with Crippen molar-refractivity contribution in [2.45, 2.75) is 367 Å². The molecule has 2 unspecified atom stereocenters. The summed E-state index contributed by atoms with van der Waals surface area (Å²) < 4.78 is 68.6. The molecular weight excluding hydrogens is 1330 g/mol. The Kier molecular flexibility index (Phi) is 72.3. The Hall–Kier alpha value is -4.02. The molecule has 102 heavy (non-hydrogen) atoms. The van der Waals surface area contributed by atoms with E-state index in [9.17, 15) is 43.2 Å². The van der Waals surface area contributed by atoms with E-state index in [0.29, 0.717) is 32.1 Å². The Morgan fingerprint density at radius 2 is 0.490 bits per heavy atom. The van der Waals surface area contributed by atoms with Crippen LogP contribution < -0.4 is 0 Å². The van der Waals surface area contributed by atoms with Crippen molar-refractivity contribution in [1.29, 1.82) is 0 Å². The highest BCUT2D eigenvalue weighted by Gasteiger charge is 2.30. The molecule has 0 saturated carbocycles. The zero-order chi connectivity index (χ0) is 74.6. The minimum Gasteiger partial charge on any atom is -0.462 e. The average molecular weight is 1480 g/mol. The maximum atomic E-state index is 13.1. The first-order valence-electron chi connectivity index (χ1n) is 40.5. The predicted octanol–water partition coefficient (Wildman–Crippen LogP) is 23.6. The van der Waals surface area contributed by atoms with Gasteiger partial charge in [-0.1, -0.05) is 292 Å². The van der Waals surface area contributed by atoms with Crippen molar-refractivity contribution in [2.75, 3.05) is 39.6 Å². The molecule has 0 fully saturated rings. The summed E-state index contributed by atoms with van der Waals surface area (Å²) in [6.45, 7) is 4.75. The molecule has 0 aliphatic carbocycles.